The van der Waals surface area contributed by atoms with Crippen LogP contribution < -0.4 is 16.4 Å². The minimum absolute atomic E-state index is 0.0839. The first kappa shape index (κ1) is 26.8. The molecule has 8 nitrogen and oxygen atoms in total. The van der Waals surface area contributed by atoms with Gasteiger partial charge in [-0.1, -0.05) is 60.7 Å². The summed E-state index contributed by atoms with van der Waals surface area (Å²) in [6, 6.07) is 21.4. The number of hydrogen-bond donors (Lipinski definition) is 3. The van der Waals surface area contributed by atoms with E-state index in [0.717, 1.165) is 16.3 Å². The van der Waals surface area contributed by atoms with Crippen LogP contribution in [0.15, 0.2) is 77.7 Å². The van der Waals surface area contributed by atoms with Crippen molar-refractivity contribution in [2.75, 3.05) is 26.2 Å². The Kier molecular flexibility index (Phi) is 8.91. The lowest BCUT2D eigenvalue weighted by molar-refractivity contribution is -0.131. The minimum Gasteiger partial charge on any atom is -0.354 e. The van der Waals surface area contributed by atoms with Gasteiger partial charge in [0.25, 0.3) is 0 Å². The summed E-state index contributed by atoms with van der Waals surface area (Å²) in [6.45, 7) is 1.32. The number of benzene rings is 3. The topological polar surface area (TPSA) is 122 Å². The van der Waals surface area contributed by atoms with Crippen LogP contribution in [0.5, 0.6) is 0 Å². The van der Waals surface area contributed by atoms with Gasteiger partial charge in [0, 0.05) is 26.1 Å². The van der Waals surface area contributed by atoms with E-state index in [0.29, 0.717) is 45.3 Å². The molecule has 4 rings (SSSR count). The second-order valence-corrected chi connectivity index (χ2v) is 11.3. The molecule has 0 aromatic heterocycles. The molecule has 0 radical (unpaired) electrons. The summed E-state index contributed by atoms with van der Waals surface area (Å²) in [5, 5.41) is 7.94. The minimum atomic E-state index is -3.70. The van der Waals surface area contributed by atoms with Crippen LogP contribution in [0.3, 0.4) is 0 Å². The van der Waals surface area contributed by atoms with Crippen LogP contribution in [0, 0.1) is 5.92 Å². The predicted octanol–water partition coefficient (Wildman–Crippen LogP) is 2.43. The van der Waals surface area contributed by atoms with E-state index in [9.17, 15) is 18.0 Å². The van der Waals surface area contributed by atoms with Gasteiger partial charge in [0.1, 0.15) is 6.04 Å². The predicted molar refractivity (Wildman–Crippen MR) is 144 cm³/mol. The second-order valence-electron chi connectivity index (χ2n) is 9.40. The molecule has 1 heterocycles. The van der Waals surface area contributed by atoms with E-state index < -0.39 is 22.0 Å². The lowest BCUT2D eigenvalue weighted by atomic mass is 9.97. The quantitative estimate of drug-likeness (QED) is 0.353. The van der Waals surface area contributed by atoms with Crippen molar-refractivity contribution in [3.8, 4) is 0 Å². The number of nitrogens with one attached hydrogen (secondary N) is 2. The first-order chi connectivity index (χ1) is 17.9. The number of nitrogens with zero attached hydrogens (tertiary/aromatic N) is 1. The molecule has 9 heteroatoms. The van der Waals surface area contributed by atoms with Crippen molar-refractivity contribution < 1.29 is 18.0 Å². The van der Waals surface area contributed by atoms with Crippen LogP contribution in [-0.4, -0.2) is 56.8 Å². The van der Waals surface area contributed by atoms with Crippen molar-refractivity contribution in [3.63, 3.8) is 0 Å². The highest BCUT2D eigenvalue weighted by Crippen LogP contribution is 2.24. The molecule has 2 atom stereocenters. The highest BCUT2D eigenvalue weighted by molar-refractivity contribution is 7.89. The molecular weight excluding hydrogens is 488 g/mol. The van der Waals surface area contributed by atoms with Crippen LogP contribution in [-0.2, 0) is 26.0 Å². The van der Waals surface area contributed by atoms with Crippen LogP contribution >= 0.6 is 0 Å². The van der Waals surface area contributed by atoms with Crippen molar-refractivity contribution in [1.29, 1.82) is 0 Å². The molecule has 3 aromatic rings. The van der Waals surface area contributed by atoms with Crippen molar-refractivity contribution in [1.82, 2.24) is 14.9 Å². The van der Waals surface area contributed by atoms with Crippen LogP contribution in [0.4, 0.5) is 0 Å². The van der Waals surface area contributed by atoms with Crippen molar-refractivity contribution >= 4 is 32.6 Å². The van der Waals surface area contributed by atoms with Crippen LogP contribution in [0.1, 0.15) is 24.8 Å². The number of carbonyl (C=O) groups excluding carboxylic acids is 2. The first-order valence-electron chi connectivity index (χ1n) is 12.7. The number of fused-ring (bicyclic) bond motifs is 1. The van der Waals surface area contributed by atoms with Crippen molar-refractivity contribution in [3.05, 3.63) is 78.4 Å². The number of amides is 2. The van der Waals surface area contributed by atoms with Gasteiger partial charge in [-0.15, -0.1) is 0 Å². The van der Waals surface area contributed by atoms with Gasteiger partial charge in [-0.2, -0.15) is 4.31 Å². The Morgan fingerprint density at radius 1 is 1.00 bits per heavy atom. The largest absolute Gasteiger partial charge is 0.354 e. The van der Waals surface area contributed by atoms with Gasteiger partial charge in [-0.3, -0.25) is 9.59 Å². The molecule has 1 aliphatic rings. The molecular formula is C28H34N4O4S. The Morgan fingerprint density at radius 2 is 1.73 bits per heavy atom. The van der Waals surface area contributed by atoms with Gasteiger partial charge in [-0.05, 0) is 54.3 Å². The van der Waals surface area contributed by atoms with E-state index in [4.69, 9.17) is 5.73 Å². The standard InChI is InChI=1S/C28H34N4O4S/c29-15-7-16-30-28(34)26(19-21-13-14-22-8-4-5-9-23(22)18-21)31-27(33)24-10-6-17-32(20-24)37(35,36)25-11-2-1-3-12-25/h1-5,8-9,11-14,18,24,26H,6-7,10,15-17,19-20,29H2,(H,30,34)(H,31,33)/t24?,26-/m1/s1. The van der Waals surface area contributed by atoms with Gasteiger partial charge in [-0.25, -0.2) is 8.42 Å². The van der Waals surface area contributed by atoms with Crippen molar-refractivity contribution in [2.24, 2.45) is 11.7 Å². The first-order valence-corrected chi connectivity index (χ1v) is 14.1. The molecule has 1 unspecified atom stereocenters. The average Bonchev–Trinajstić information content (AvgIpc) is 2.93. The molecule has 1 fully saturated rings. The molecule has 3 aromatic carbocycles. The summed E-state index contributed by atoms with van der Waals surface area (Å²) >= 11 is 0. The Labute approximate surface area is 218 Å². The maximum absolute atomic E-state index is 13.3. The molecule has 1 saturated heterocycles. The maximum Gasteiger partial charge on any atom is 0.243 e. The van der Waals surface area contributed by atoms with Gasteiger partial charge in [0.15, 0.2) is 0 Å². The lowest BCUT2D eigenvalue weighted by Gasteiger charge is -2.32. The molecule has 37 heavy (non-hydrogen) atoms. The Hall–Kier alpha value is -3.27. The Morgan fingerprint density at radius 3 is 2.49 bits per heavy atom. The fourth-order valence-corrected chi connectivity index (χ4v) is 6.20. The van der Waals surface area contributed by atoms with Gasteiger partial charge in [0.2, 0.25) is 21.8 Å². The molecule has 0 saturated carbocycles. The number of sulfonamides is 1. The van der Waals surface area contributed by atoms with E-state index in [1.807, 2.05) is 42.5 Å². The zero-order chi connectivity index (χ0) is 26.3. The second kappa shape index (κ2) is 12.3. The third-order valence-corrected chi connectivity index (χ3v) is 8.58. The van der Waals surface area contributed by atoms with Gasteiger partial charge in [0.05, 0.1) is 10.8 Å². The molecule has 1 aliphatic heterocycles. The van der Waals surface area contributed by atoms with E-state index in [1.165, 1.54) is 4.31 Å². The third kappa shape index (κ3) is 6.74. The van der Waals surface area contributed by atoms with Crippen LogP contribution in [0.25, 0.3) is 10.8 Å². The number of carbonyl (C=O) groups is 2. The van der Waals surface area contributed by atoms with E-state index in [-0.39, 0.29) is 23.3 Å². The summed E-state index contributed by atoms with van der Waals surface area (Å²) in [6.07, 6.45) is 2.09. The number of nitrogens with two attached hydrogens (primary N) is 1. The highest BCUT2D eigenvalue weighted by atomic mass is 32.2. The molecule has 0 aliphatic carbocycles. The van der Waals surface area contributed by atoms with E-state index in [1.54, 1.807) is 30.3 Å². The Bertz CT molecular complexity index is 1330. The van der Waals surface area contributed by atoms with E-state index >= 15 is 0 Å². The summed E-state index contributed by atoms with van der Waals surface area (Å²) in [4.78, 5) is 26.6. The van der Waals surface area contributed by atoms with Gasteiger partial charge < -0.3 is 16.4 Å². The summed E-state index contributed by atoms with van der Waals surface area (Å²) < 4.78 is 27.6. The zero-order valence-electron chi connectivity index (χ0n) is 20.8. The van der Waals surface area contributed by atoms with E-state index in [2.05, 4.69) is 10.6 Å². The maximum atomic E-state index is 13.3. The number of hydrogen-bond acceptors (Lipinski definition) is 5. The smallest absolute Gasteiger partial charge is 0.243 e. The number of rotatable bonds is 10. The lowest BCUT2D eigenvalue weighted by Crippen LogP contribution is -2.52. The zero-order valence-corrected chi connectivity index (χ0v) is 21.6. The molecule has 196 valence electrons. The molecule has 2 amide bonds. The molecule has 0 bridgehead atoms. The SMILES string of the molecule is NCCCNC(=O)[C@@H](Cc1ccc2ccccc2c1)NC(=O)C1CCCN(S(=O)(=O)c2ccccc2)C1. The third-order valence-electron chi connectivity index (χ3n) is 6.70. The molecule has 4 N–H and O–H groups in total. The van der Waals surface area contributed by atoms with Crippen molar-refractivity contribution in [2.45, 2.75) is 36.6 Å². The average molecular weight is 523 g/mol. The number of piperidine rings is 1. The fraction of sp³-hybridized carbons (Fsp3) is 0.357. The normalized spacial score (nSPS) is 17.3. The monoisotopic (exact) mass is 522 g/mol. The van der Waals surface area contributed by atoms with Gasteiger partial charge >= 0.3 is 0 Å². The summed E-state index contributed by atoms with van der Waals surface area (Å²) in [5.41, 5.74) is 6.49. The van der Waals surface area contributed by atoms with Crippen LogP contribution in [0.2, 0.25) is 0 Å². The fourth-order valence-electron chi connectivity index (χ4n) is 4.65. The summed E-state index contributed by atoms with van der Waals surface area (Å²) in [7, 11) is -3.70. The highest BCUT2D eigenvalue weighted by Gasteiger charge is 2.34. The summed E-state index contributed by atoms with van der Waals surface area (Å²) in [5.74, 6) is -1.13. The molecule has 0 spiro atoms. The Balaban J connectivity index is 1.48.